The Morgan fingerprint density at radius 2 is 2.14 bits per heavy atom. The third-order valence-electron chi connectivity index (χ3n) is 3.13. The lowest BCUT2D eigenvalue weighted by Crippen LogP contribution is -2.39. The van der Waals surface area contributed by atoms with Crippen molar-refractivity contribution in [3.05, 3.63) is 40.6 Å². The van der Waals surface area contributed by atoms with Gasteiger partial charge in [-0.05, 0) is 12.3 Å². The van der Waals surface area contributed by atoms with Crippen molar-refractivity contribution < 1.29 is 9.66 Å². The number of hydrogen-bond acceptors (Lipinski definition) is 6. The van der Waals surface area contributed by atoms with E-state index in [1.807, 2.05) is 6.92 Å². The first-order valence-corrected chi connectivity index (χ1v) is 6.60. The molecule has 0 saturated heterocycles. The Morgan fingerprint density at radius 1 is 1.48 bits per heavy atom. The Kier molecular flexibility index (Phi) is 5.52. The minimum absolute atomic E-state index is 0.0368. The highest BCUT2D eigenvalue weighted by Crippen LogP contribution is 2.21. The molecule has 21 heavy (non-hydrogen) atoms. The number of hydrogen-bond donors (Lipinski definition) is 2. The van der Waals surface area contributed by atoms with Gasteiger partial charge in [-0.1, -0.05) is 20.8 Å². The van der Waals surface area contributed by atoms with E-state index in [-0.39, 0.29) is 11.5 Å². The Morgan fingerprint density at radius 3 is 2.67 bits per heavy atom. The minimum atomic E-state index is -0.502. The van der Waals surface area contributed by atoms with Crippen LogP contribution in [0.3, 0.4) is 0 Å². The van der Waals surface area contributed by atoms with Gasteiger partial charge in [0.25, 0.3) is 6.20 Å². The summed E-state index contributed by atoms with van der Waals surface area (Å²) in [7, 11) is 1.54. The number of nitrogens with one attached hydrogen (secondary N) is 2. The number of methoxy groups -OCH3 is 1. The lowest BCUT2D eigenvalue weighted by molar-refractivity contribution is -0.403. The largest absolute Gasteiger partial charge is 0.495 e. The quantitative estimate of drug-likeness (QED) is 0.619. The average molecular weight is 294 g/mol. The van der Waals surface area contributed by atoms with Crippen molar-refractivity contribution in [1.82, 2.24) is 10.3 Å². The monoisotopic (exact) mass is 294 g/mol. The second kappa shape index (κ2) is 6.92. The van der Waals surface area contributed by atoms with Gasteiger partial charge < -0.3 is 15.4 Å². The summed E-state index contributed by atoms with van der Waals surface area (Å²) < 4.78 is 5.08. The highest BCUT2D eigenvalue weighted by molar-refractivity contribution is 5.49. The molecule has 116 valence electrons. The Labute approximate surface area is 124 Å². The van der Waals surface area contributed by atoms with Gasteiger partial charge in [-0.25, -0.2) is 0 Å². The third-order valence-corrected chi connectivity index (χ3v) is 3.13. The lowest BCUT2D eigenvalue weighted by Gasteiger charge is -2.29. The van der Waals surface area contributed by atoms with Gasteiger partial charge >= 0.3 is 0 Å². The third kappa shape index (κ3) is 5.68. The summed E-state index contributed by atoms with van der Waals surface area (Å²) in [4.78, 5) is 14.3. The van der Waals surface area contributed by atoms with Crippen LogP contribution in [-0.2, 0) is 0 Å². The summed E-state index contributed by atoms with van der Waals surface area (Å²) in [5.41, 5.74) is 0.570. The predicted molar refractivity (Wildman–Crippen MR) is 81.5 cm³/mol. The van der Waals surface area contributed by atoms with Gasteiger partial charge in [0.2, 0.25) is 0 Å². The molecule has 7 heteroatoms. The fraction of sp³-hybridized carbons (Fsp3) is 0.500. The van der Waals surface area contributed by atoms with E-state index < -0.39 is 4.92 Å². The van der Waals surface area contributed by atoms with Crippen LogP contribution in [0.2, 0.25) is 0 Å². The van der Waals surface area contributed by atoms with Gasteiger partial charge in [0, 0.05) is 12.1 Å². The maximum Gasteiger partial charge on any atom is 0.274 e. The molecule has 0 amide bonds. The highest BCUT2D eigenvalue weighted by Gasteiger charge is 2.21. The maximum atomic E-state index is 10.8. The van der Waals surface area contributed by atoms with E-state index in [0.29, 0.717) is 17.3 Å². The number of pyridine rings is 1. The molecule has 0 aliphatic rings. The van der Waals surface area contributed by atoms with E-state index in [0.717, 1.165) is 6.20 Å². The van der Waals surface area contributed by atoms with Crippen LogP contribution in [0.25, 0.3) is 0 Å². The van der Waals surface area contributed by atoms with E-state index in [4.69, 9.17) is 4.74 Å². The van der Waals surface area contributed by atoms with Crippen LogP contribution in [0, 0.1) is 15.5 Å². The van der Waals surface area contributed by atoms with Crippen LogP contribution in [0.15, 0.2) is 30.5 Å². The SMILES string of the molecule is COc1cncc(N/C(=C/[N+](=O)[O-])NC(C)C(C)(C)C)c1. The molecule has 1 heterocycles. The smallest absolute Gasteiger partial charge is 0.274 e. The molecule has 1 aromatic rings. The van der Waals surface area contributed by atoms with Gasteiger partial charge in [-0.3, -0.25) is 15.1 Å². The maximum absolute atomic E-state index is 10.8. The molecule has 1 rings (SSSR count). The van der Waals surface area contributed by atoms with Crippen molar-refractivity contribution in [2.45, 2.75) is 33.7 Å². The zero-order valence-corrected chi connectivity index (χ0v) is 13.0. The van der Waals surface area contributed by atoms with Crippen molar-refractivity contribution >= 4 is 5.69 Å². The Bertz CT molecular complexity index is 523. The minimum Gasteiger partial charge on any atom is -0.495 e. The first-order valence-electron chi connectivity index (χ1n) is 6.60. The fourth-order valence-corrected chi connectivity index (χ4v) is 1.42. The summed E-state index contributed by atoms with van der Waals surface area (Å²) in [5, 5.41) is 16.8. The molecule has 0 spiro atoms. The van der Waals surface area contributed by atoms with E-state index in [1.54, 1.807) is 18.5 Å². The zero-order chi connectivity index (χ0) is 16.0. The molecule has 7 nitrogen and oxygen atoms in total. The topological polar surface area (TPSA) is 89.3 Å². The second-order valence-corrected chi connectivity index (χ2v) is 5.80. The number of anilines is 1. The molecule has 0 aromatic carbocycles. The van der Waals surface area contributed by atoms with Crippen molar-refractivity contribution in [1.29, 1.82) is 0 Å². The number of rotatable bonds is 6. The van der Waals surface area contributed by atoms with Crippen LogP contribution < -0.4 is 15.4 Å². The van der Waals surface area contributed by atoms with Crippen molar-refractivity contribution in [3.8, 4) is 5.75 Å². The van der Waals surface area contributed by atoms with Gasteiger partial charge in [0.05, 0.1) is 30.1 Å². The number of ether oxygens (including phenoxy) is 1. The van der Waals surface area contributed by atoms with E-state index >= 15 is 0 Å². The summed E-state index contributed by atoms with van der Waals surface area (Å²) in [5.74, 6) is 0.877. The Balaban J connectivity index is 2.91. The van der Waals surface area contributed by atoms with Crippen LogP contribution >= 0.6 is 0 Å². The molecule has 2 N–H and O–H groups in total. The number of nitrogens with zero attached hydrogens (tertiary/aromatic N) is 2. The second-order valence-electron chi connectivity index (χ2n) is 5.80. The highest BCUT2D eigenvalue weighted by atomic mass is 16.6. The summed E-state index contributed by atoms with van der Waals surface area (Å²) in [6.07, 6.45) is 4.04. The van der Waals surface area contributed by atoms with Gasteiger partial charge in [-0.15, -0.1) is 0 Å². The number of aromatic nitrogens is 1. The average Bonchev–Trinajstić information content (AvgIpc) is 2.37. The van der Waals surface area contributed by atoms with Gasteiger partial charge in [0.15, 0.2) is 5.82 Å². The molecule has 1 unspecified atom stereocenters. The van der Waals surface area contributed by atoms with Crippen molar-refractivity contribution in [3.63, 3.8) is 0 Å². The summed E-state index contributed by atoms with van der Waals surface area (Å²) >= 11 is 0. The number of nitro groups is 1. The first-order chi connectivity index (χ1) is 9.72. The lowest BCUT2D eigenvalue weighted by atomic mass is 9.88. The summed E-state index contributed by atoms with van der Waals surface area (Å²) in [6, 6.07) is 1.75. The zero-order valence-electron chi connectivity index (χ0n) is 13.0. The fourth-order valence-electron chi connectivity index (χ4n) is 1.42. The normalized spacial score (nSPS) is 13.5. The van der Waals surface area contributed by atoms with Crippen molar-refractivity contribution in [2.75, 3.05) is 12.4 Å². The molecule has 0 bridgehead atoms. The molecular formula is C14H22N4O3. The van der Waals surface area contributed by atoms with E-state index in [2.05, 4.69) is 36.4 Å². The summed E-state index contributed by atoms with van der Waals surface area (Å²) in [6.45, 7) is 8.14. The Hall–Kier alpha value is -2.31. The van der Waals surface area contributed by atoms with Crippen LogP contribution in [0.1, 0.15) is 27.7 Å². The van der Waals surface area contributed by atoms with Gasteiger partial charge in [-0.2, -0.15) is 0 Å². The van der Waals surface area contributed by atoms with E-state index in [9.17, 15) is 10.1 Å². The molecular weight excluding hydrogens is 272 g/mol. The van der Waals surface area contributed by atoms with E-state index in [1.165, 1.54) is 7.11 Å². The molecule has 1 aromatic heterocycles. The molecule has 0 aliphatic heterocycles. The first kappa shape index (κ1) is 16.7. The van der Waals surface area contributed by atoms with Crippen molar-refractivity contribution in [2.24, 2.45) is 5.41 Å². The molecule has 0 saturated carbocycles. The van der Waals surface area contributed by atoms with Gasteiger partial charge in [0.1, 0.15) is 5.75 Å². The predicted octanol–water partition coefficient (Wildman–Crippen LogP) is 2.60. The molecule has 1 atom stereocenters. The van der Waals surface area contributed by atoms with Crippen LogP contribution in [0.5, 0.6) is 5.75 Å². The molecule has 0 fully saturated rings. The molecule has 0 radical (unpaired) electrons. The van der Waals surface area contributed by atoms with Crippen LogP contribution in [0.4, 0.5) is 5.69 Å². The standard InChI is InChI=1S/C14H22N4O3/c1-10(14(2,3)4)16-13(9-18(19)20)17-11-6-12(21-5)8-15-7-11/h6-10,16-17H,1-5H3/b13-9+. The molecule has 0 aliphatic carbocycles. The van der Waals surface area contributed by atoms with Crippen LogP contribution in [-0.4, -0.2) is 23.1 Å².